The van der Waals surface area contributed by atoms with Gasteiger partial charge in [0, 0.05) is 0 Å². The normalized spacial score (nSPS) is 12.5. The molecule has 0 spiro atoms. The van der Waals surface area contributed by atoms with Gasteiger partial charge in [-0.25, -0.2) is 0 Å². The summed E-state index contributed by atoms with van der Waals surface area (Å²) in [5.41, 5.74) is 5.40. The van der Waals surface area contributed by atoms with Gasteiger partial charge in [0.2, 0.25) is 0 Å². The number of halogens is 1. The molecule has 0 aromatic carbocycles. The molecule has 0 aliphatic rings. The molecule has 0 bridgehead atoms. The first kappa shape index (κ1) is 12.9. The highest BCUT2D eigenvalue weighted by Crippen LogP contribution is 2.01. The van der Waals surface area contributed by atoms with Crippen molar-refractivity contribution < 1.29 is 9.68 Å². The van der Waals surface area contributed by atoms with Gasteiger partial charge < -0.3 is 15.4 Å². The Kier molecular flexibility index (Phi) is 9.45. The maximum absolute atomic E-state index is 8.25. The summed E-state index contributed by atoms with van der Waals surface area (Å²) in [6, 6.07) is 0. The van der Waals surface area contributed by atoms with E-state index < -0.39 is 0 Å². The van der Waals surface area contributed by atoms with Gasteiger partial charge in [0.15, 0.2) is 0 Å². The third-order valence-electron chi connectivity index (χ3n) is 0.992. The SMILES string of the molecule is CC(C)C[C@H](N)OBO.Cl. The topological polar surface area (TPSA) is 55.5 Å². The van der Waals surface area contributed by atoms with Crippen LogP contribution in [-0.2, 0) is 4.65 Å². The standard InChI is InChI=1S/C5H14BNO2.ClH/c1-4(2)3-5(7)9-6-8;/h4-6,8H,3,7H2,1-2H3;1H/t5-;/m1./s1. The minimum absolute atomic E-state index is 0. The van der Waals surface area contributed by atoms with E-state index in [1.165, 1.54) is 0 Å². The van der Waals surface area contributed by atoms with Crippen molar-refractivity contribution in [2.45, 2.75) is 26.5 Å². The molecule has 0 radical (unpaired) electrons. The van der Waals surface area contributed by atoms with E-state index in [1.807, 2.05) is 0 Å². The van der Waals surface area contributed by atoms with Crippen LogP contribution in [0.5, 0.6) is 0 Å². The quantitative estimate of drug-likeness (QED) is 0.458. The Balaban J connectivity index is 0. The van der Waals surface area contributed by atoms with E-state index in [0.717, 1.165) is 6.42 Å². The van der Waals surface area contributed by atoms with E-state index in [-0.39, 0.29) is 26.3 Å². The Morgan fingerprint density at radius 1 is 1.60 bits per heavy atom. The molecule has 0 heterocycles. The van der Waals surface area contributed by atoms with Gasteiger partial charge >= 0.3 is 7.69 Å². The molecule has 0 rings (SSSR count). The lowest BCUT2D eigenvalue weighted by atomic mass is 10.1. The summed E-state index contributed by atoms with van der Waals surface area (Å²) in [6.45, 7) is 4.11. The van der Waals surface area contributed by atoms with Crippen molar-refractivity contribution >= 4 is 20.1 Å². The van der Waals surface area contributed by atoms with Gasteiger partial charge in [0.1, 0.15) is 0 Å². The summed E-state index contributed by atoms with van der Waals surface area (Å²) in [5.74, 6) is 0.520. The molecule has 0 aromatic heterocycles. The number of hydrogen-bond acceptors (Lipinski definition) is 3. The number of hydrogen-bond donors (Lipinski definition) is 2. The van der Waals surface area contributed by atoms with Crippen LogP contribution in [0.15, 0.2) is 0 Å². The summed E-state index contributed by atoms with van der Waals surface area (Å²) in [4.78, 5) is 0. The average molecular weight is 167 g/mol. The van der Waals surface area contributed by atoms with Gasteiger partial charge in [-0.1, -0.05) is 13.8 Å². The molecule has 5 heteroatoms. The van der Waals surface area contributed by atoms with Crippen LogP contribution in [0.25, 0.3) is 0 Å². The molecule has 0 saturated carbocycles. The molecule has 0 saturated heterocycles. The second-order valence-corrected chi connectivity index (χ2v) is 2.46. The zero-order chi connectivity index (χ0) is 7.28. The van der Waals surface area contributed by atoms with Crippen LogP contribution in [0.4, 0.5) is 0 Å². The molecule has 1 atom stereocenters. The minimum atomic E-state index is -0.310. The maximum Gasteiger partial charge on any atom is 0.436 e. The van der Waals surface area contributed by atoms with Crippen molar-refractivity contribution in [3.05, 3.63) is 0 Å². The Bertz CT molecular complexity index is 74.7. The lowest BCUT2D eigenvalue weighted by Crippen LogP contribution is -2.27. The zero-order valence-corrected chi connectivity index (χ0v) is 7.23. The summed E-state index contributed by atoms with van der Waals surface area (Å²) >= 11 is 0. The molecular weight excluding hydrogens is 152 g/mol. The first-order valence-electron chi connectivity index (χ1n) is 3.15. The molecule has 10 heavy (non-hydrogen) atoms. The second kappa shape index (κ2) is 7.34. The van der Waals surface area contributed by atoms with Crippen LogP contribution in [-0.4, -0.2) is 18.9 Å². The van der Waals surface area contributed by atoms with Crippen LogP contribution in [0.3, 0.4) is 0 Å². The third-order valence-corrected chi connectivity index (χ3v) is 0.992. The van der Waals surface area contributed by atoms with Gasteiger partial charge in [0.25, 0.3) is 0 Å². The van der Waals surface area contributed by atoms with Crippen molar-refractivity contribution in [2.75, 3.05) is 0 Å². The largest absolute Gasteiger partial charge is 0.436 e. The Morgan fingerprint density at radius 3 is 2.40 bits per heavy atom. The highest BCUT2D eigenvalue weighted by atomic mass is 35.5. The van der Waals surface area contributed by atoms with Gasteiger partial charge in [-0.05, 0) is 12.3 Å². The fraction of sp³-hybridized carbons (Fsp3) is 1.00. The molecule has 0 aliphatic carbocycles. The molecule has 0 amide bonds. The molecule has 0 unspecified atom stereocenters. The molecule has 0 fully saturated rings. The zero-order valence-electron chi connectivity index (χ0n) is 6.41. The van der Waals surface area contributed by atoms with Gasteiger partial charge in [-0.2, -0.15) is 0 Å². The molecule has 3 nitrogen and oxygen atoms in total. The summed E-state index contributed by atoms with van der Waals surface area (Å²) in [7, 11) is -0.284. The first-order valence-corrected chi connectivity index (χ1v) is 3.15. The molecular formula is C5H15BClNO2. The third kappa shape index (κ3) is 8.23. The van der Waals surface area contributed by atoms with E-state index in [9.17, 15) is 0 Å². The molecule has 0 aliphatic heterocycles. The summed E-state index contributed by atoms with van der Waals surface area (Å²) in [5, 5.41) is 8.25. The van der Waals surface area contributed by atoms with Crippen molar-refractivity contribution in [3.8, 4) is 0 Å². The monoisotopic (exact) mass is 167 g/mol. The van der Waals surface area contributed by atoms with Crippen LogP contribution in [0.1, 0.15) is 20.3 Å². The summed E-state index contributed by atoms with van der Waals surface area (Å²) < 4.78 is 4.69. The predicted octanol–water partition coefficient (Wildman–Crippen LogP) is 0.0145. The molecule has 62 valence electrons. The summed E-state index contributed by atoms with van der Waals surface area (Å²) in [6.07, 6.45) is 0.482. The first-order chi connectivity index (χ1) is 4.16. The van der Waals surface area contributed by atoms with Crippen LogP contribution < -0.4 is 5.73 Å². The predicted molar refractivity (Wildman–Crippen MR) is 45.1 cm³/mol. The fourth-order valence-corrected chi connectivity index (χ4v) is 0.628. The van der Waals surface area contributed by atoms with Crippen molar-refractivity contribution in [1.82, 2.24) is 0 Å². The van der Waals surface area contributed by atoms with Crippen molar-refractivity contribution in [2.24, 2.45) is 11.7 Å². The van der Waals surface area contributed by atoms with Crippen molar-refractivity contribution in [1.29, 1.82) is 0 Å². The molecule has 0 aromatic rings. The van der Waals surface area contributed by atoms with Crippen LogP contribution in [0, 0.1) is 5.92 Å². The highest BCUT2D eigenvalue weighted by molar-refractivity contribution is 6.15. The average Bonchev–Trinajstić information content (AvgIpc) is 1.63. The van der Waals surface area contributed by atoms with Crippen LogP contribution >= 0.6 is 12.4 Å². The smallest absolute Gasteiger partial charge is 0.430 e. The minimum Gasteiger partial charge on any atom is -0.430 e. The number of nitrogens with two attached hydrogens (primary N) is 1. The van der Waals surface area contributed by atoms with Gasteiger partial charge in [-0.3, -0.25) is 0 Å². The van der Waals surface area contributed by atoms with Gasteiger partial charge in [0.05, 0.1) is 6.23 Å². The van der Waals surface area contributed by atoms with Crippen LogP contribution in [0.2, 0.25) is 0 Å². The Morgan fingerprint density at radius 2 is 2.10 bits per heavy atom. The number of rotatable bonds is 4. The lowest BCUT2D eigenvalue weighted by Gasteiger charge is -2.12. The van der Waals surface area contributed by atoms with E-state index in [0.29, 0.717) is 5.92 Å². The van der Waals surface area contributed by atoms with Crippen molar-refractivity contribution in [3.63, 3.8) is 0 Å². The van der Waals surface area contributed by atoms with Gasteiger partial charge in [-0.15, -0.1) is 12.4 Å². The lowest BCUT2D eigenvalue weighted by molar-refractivity contribution is 0.165. The maximum atomic E-state index is 8.25. The fourth-order valence-electron chi connectivity index (χ4n) is 0.628. The van der Waals surface area contributed by atoms with E-state index in [1.54, 1.807) is 0 Å². The Hall–Kier alpha value is 0.235. The van der Waals surface area contributed by atoms with E-state index in [2.05, 4.69) is 18.5 Å². The highest BCUT2D eigenvalue weighted by Gasteiger charge is 2.03. The van der Waals surface area contributed by atoms with E-state index in [4.69, 9.17) is 10.8 Å². The van der Waals surface area contributed by atoms with E-state index >= 15 is 0 Å². The Labute approximate surface area is 68.7 Å². The second-order valence-electron chi connectivity index (χ2n) is 2.46. The molecule has 3 N–H and O–H groups in total.